The predicted molar refractivity (Wildman–Crippen MR) is 54.6 cm³/mol. The SMILES string of the molecule is CCC(CC)N[C@@H](C)c1ccco1. The van der Waals surface area contributed by atoms with E-state index in [-0.39, 0.29) is 0 Å². The van der Waals surface area contributed by atoms with Crippen LogP contribution in [0.25, 0.3) is 0 Å². The van der Waals surface area contributed by atoms with Crippen LogP contribution in [0.5, 0.6) is 0 Å². The van der Waals surface area contributed by atoms with Gasteiger partial charge in [0.05, 0.1) is 12.3 Å². The van der Waals surface area contributed by atoms with Crippen molar-refractivity contribution in [2.24, 2.45) is 0 Å². The molecule has 0 aliphatic rings. The van der Waals surface area contributed by atoms with Crippen LogP contribution >= 0.6 is 0 Å². The molecule has 13 heavy (non-hydrogen) atoms. The molecule has 0 fully saturated rings. The number of hydrogen-bond donors (Lipinski definition) is 1. The van der Waals surface area contributed by atoms with Crippen LogP contribution in [0.2, 0.25) is 0 Å². The Bertz CT molecular complexity index is 214. The molecule has 0 saturated heterocycles. The molecule has 1 atom stereocenters. The van der Waals surface area contributed by atoms with Gasteiger partial charge in [-0.2, -0.15) is 0 Å². The zero-order valence-corrected chi connectivity index (χ0v) is 8.71. The lowest BCUT2D eigenvalue weighted by Gasteiger charge is -2.19. The van der Waals surface area contributed by atoms with E-state index in [4.69, 9.17) is 4.42 Å². The highest BCUT2D eigenvalue weighted by Gasteiger charge is 2.11. The second kappa shape index (κ2) is 5.07. The third-order valence-electron chi connectivity index (χ3n) is 2.44. The minimum absolute atomic E-state index is 0.319. The Balaban J connectivity index is 2.45. The average molecular weight is 181 g/mol. The minimum Gasteiger partial charge on any atom is -0.468 e. The molecule has 0 radical (unpaired) electrons. The summed E-state index contributed by atoms with van der Waals surface area (Å²) in [5.74, 6) is 1.02. The average Bonchev–Trinajstić information content (AvgIpc) is 2.66. The van der Waals surface area contributed by atoms with Gasteiger partial charge in [-0.3, -0.25) is 0 Å². The summed E-state index contributed by atoms with van der Waals surface area (Å²) in [5, 5.41) is 3.52. The smallest absolute Gasteiger partial charge is 0.120 e. The van der Waals surface area contributed by atoms with Gasteiger partial charge in [0.1, 0.15) is 5.76 Å². The number of rotatable bonds is 5. The second-order valence-electron chi connectivity index (χ2n) is 3.42. The van der Waals surface area contributed by atoms with Crippen molar-refractivity contribution in [2.45, 2.75) is 45.7 Å². The molecule has 0 bridgehead atoms. The highest BCUT2D eigenvalue weighted by Crippen LogP contribution is 2.14. The van der Waals surface area contributed by atoms with Crippen molar-refractivity contribution in [1.82, 2.24) is 5.32 Å². The van der Waals surface area contributed by atoms with Gasteiger partial charge in [0.2, 0.25) is 0 Å². The number of furan rings is 1. The summed E-state index contributed by atoms with van der Waals surface area (Å²) in [7, 11) is 0. The van der Waals surface area contributed by atoms with E-state index in [1.807, 2.05) is 12.1 Å². The Hall–Kier alpha value is -0.760. The second-order valence-corrected chi connectivity index (χ2v) is 3.42. The number of nitrogens with one attached hydrogen (secondary N) is 1. The van der Waals surface area contributed by atoms with E-state index in [0.29, 0.717) is 12.1 Å². The summed E-state index contributed by atoms with van der Waals surface area (Å²) in [6.45, 7) is 6.54. The van der Waals surface area contributed by atoms with E-state index >= 15 is 0 Å². The fourth-order valence-corrected chi connectivity index (χ4v) is 1.50. The Morgan fingerprint density at radius 3 is 2.54 bits per heavy atom. The lowest BCUT2D eigenvalue weighted by molar-refractivity contribution is 0.376. The van der Waals surface area contributed by atoms with Gasteiger partial charge in [-0.25, -0.2) is 0 Å². The third-order valence-corrected chi connectivity index (χ3v) is 2.44. The van der Waals surface area contributed by atoms with Crippen molar-refractivity contribution in [3.8, 4) is 0 Å². The molecule has 0 saturated carbocycles. The van der Waals surface area contributed by atoms with E-state index in [2.05, 4.69) is 26.1 Å². The van der Waals surface area contributed by atoms with Crippen LogP contribution in [0.15, 0.2) is 22.8 Å². The molecule has 0 unspecified atom stereocenters. The predicted octanol–water partition coefficient (Wildman–Crippen LogP) is 3.12. The molecule has 2 nitrogen and oxygen atoms in total. The largest absolute Gasteiger partial charge is 0.468 e. The molecule has 1 N–H and O–H groups in total. The molecule has 1 heterocycles. The first-order valence-corrected chi connectivity index (χ1v) is 5.07. The van der Waals surface area contributed by atoms with Gasteiger partial charge in [-0.05, 0) is 31.9 Å². The fraction of sp³-hybridized carbons (Fsp3) is 0.636. The lowest BCUT2D eigenvalue weighted by Crippen LogP contribution is -2.30. The molecule has 1 aromatic rings. The molecule has 0 aliphatic carbocycles. The number of hydrogen-bond acceptors (Lipinski definition) is 2. The fourth-order valence-electron chi connectivity index (χ4n) is 1.50. The van der Waals surface area contributed by atoms with Crippen molar-refractivity contribution in [2.75, 3.05) is 0 Å². The van der Waals surface area contributed by atoms with Gasteiger partial charge in [0.25, 0.3) is 0 Å². The zero-order chi connectivity index (χ0) is 9.68. The van der Waals surface area contributed by atoms with Crippen molar-refractivity contribution >= 4 is 0 Å². The summed E-state index contributed by atoms with van der Waals surface area (Å²) >= 11 is 0. The van der Waals surface area contributed by atoms with Crippen LogP contribution in [0.4, 0.5) is 0 Å². The van der Waals surface area contributed by atoms with Crippen LogP contribution in [-0.4, -0.2) is 6.04 Å². The molecular weight excluding hydrogens is 162 g/mol. The molecule has 0 aromatic carbocycles. The molecule has 1 aromatic heterocycles. The molecule has 74 valence electrons. The van der Waals surface area contributed by atoms with E-state index in [1.165, 1.54) is 12.8 Å². The van der Waals surface area contributed by atoms with Crippen LogP contribution in [0, 0.1) is 0 Å². The monoisotopic (exact) mass is 181 g/mol. The Morgan fingerprint density at radius 2 is 2.08 bits per heavy atom. The van der Waals surface area contributed by atoms with E-state index in [1.54, 1.807) is 6.26 Å². The van der Waals surface area contributed by atoms with Crippen molar-refractivity contribution in [1.29, 1.82) is 0 Å². The maximum Gasteiger partial charge on any atom is 0.120 e. The quantitative estimate of drug-likeness (QED) is 0.755. The summed E-state index contributed by atoms with van der Waals surface area (Å²) in [4.78, 5) is 0. The van der Waals surface area contributed by atoms with Gasteiger partial charge >= 0.3 is 0 Å². The van der Waals surface area contributed by atoms with Crippen molar-refractivity contribution in [3.63, 3.8) is 0 Å². The molecule has 0 aliphatic heterocycles. The normalized spacial score (nSPS) is 13.5. The first-order chi connectivity index (χ1) is 6.27. The molecule has 0 spiro atoms. The molecular formula is C11H19NO. The first-order valence-electron chi connectivity index (χ1n) is 5.07. The van der Waals surface area contributed by atoms with E-state index in [9.17, 15) is 0 Å². The van der Waals surface area contributed by atoms with Gasteiger partial charge in [-0.1, -0.05) is 13.8 Å². The first kappa shape index (κ1) is 10.3. The third kappa shape index (κ3) is 2.88. The van der Waals surface area contributed by atoms with E-state index < -0.39 is 0 Å². The van der Waals surface area contributed by atoms with Crippen LogP contribution in [0.1, 0.15) is 45.4 Å². The topological polar surface area (TPSA) is 25.2 Å². The minimum atomic E-state index is 0.319. The Labute approximate surface area is 80.3 Å². The van der Waals surface area contributed by atoms with Crippen molar-refractivity contribution < 1.29 is 4.42 Å². The van der Waals surface area contributed by atoms with Gasteiger partial charge in [0.15, 0.2) is 0 Å². The highest BCUT2D eigenvalue weighted by molar-refractivity contribution is 5.03. The summed E-state index contributed by atoms with van der Waals surface area (Å²) in [5.41, 5.74) is 0. The maximum atomic E-state index is 5.32. The van der Waals surface area contributed by atoms with Crippen LogP contribution in [-0.2, 0) is 0 Å². The lowest BCUT2D eigenvalue weighted by atomic mass is 10.1. The van der Waals surface area contributed by atoms with Gasteiger partial charge in [0, 0.05) is 6.04 Å². The maximum absolute atomic E-state index is 5.32. The van der Waals surface area contributed by atoms with E-state index in [0.717, 1.165) is 5.76 Å². The summed E-state index contributed by atoms with van der Waals surface area (Å²) in [6.07, 6.45) is 4.06. The standard InChI is InChI=1S/C11H19NO/c1-4-10(5-2)12-9(3)11-7-6-8-13-11/h6-10,12H,4-5H2,1-3H3/t9-/m0/s1. The Kier molecular flexibility index (Phi) is 4.03. The van der Waals surface area contributed by atoms with Crippen molar-refractivity contribution in [3.05, 3.63) is 24.2 Å². The summed E-state index contributed by atoms with van der Waals surface area (Å²) in [6, 6.07) is 4.86. The van der Waals surface area contributed by atoms with Gasteiger partial charge in [-0.15, -0.1) is 0 Å². The molecule has 0 amide bonds. The molecule has 2 heteroatoms. The summed E-state index contributed by atoms with van der Waals surface area (Å²) < 4.78 is 5.32. The highest BCUT2D eigenvalue weighted by atomic mass is 16.3. The Morgan fingerprint density at radius 1 is 1.38 bits per heavy atom. The van der Waals surface area contributed by atoms with Crippen LogP contribution in [0.3, 0.4) is 0 Å². The van der Waals surface area contributed by atoms with Gasteiger partial charge < -0.3 is 9.73 Å². The van der Waals surface area contributed by atoms with Crippen LogP contribution < -0.4 is 5.32 Å². The molecule has 1 rings (SSSR count). The zero-order valence-electron chi connectivity index (χ0n) is 8.71.